The Hall–Kier alpha value is -2.34. The summed E-state index contributed by atoms with van der Waals surface area (Å²) in [5, 5.41) is 3.01. The van der Waals surface area contributed by atoms with Crippen molar-refractivity contribution < 1.29 is 14.3 Å². The maximum atomic E-state index is 12.7. The van der Waals surface area contributed by atoms with Gasteiger partial charge in [0.05, 0.1) is 12.5 Å². The van der Waals surface area contributed by atoms with Crippen LogP contribution in [0.1, 0.15) is 24.5 Å². The lowest BCUT2D eigenvalue weighted by molar-refractivity contribution is -0.122. The van der Waals surface area contributed by atoms with Crippen LogP contribution in [0.4, 0.5) is 11.4 Å². The molecular weight excluding hydrogens is 408 g/mol. The van der Waals surface area contributed by atoms with Gasteiger partial charge in [-0.25, -0.2) is 0 Å². The number of hydrogen-bond donors (Lipinski definition) is 1. The van der Waals surface area contributed by atoms with Crippen molar-refractivity contribution in [3.05, 3.63) is 52.0 Å². The highest BCUT2D eigenvalue weighted by Crippen LogP contribution is 2.29. The molecule has 6 heteroatoms. The summed E-state index contributed by atoms with van der Waals surface area (Å²) in [4.78, 5) is 26.9. The molecule has 2 aromatic rings. The van der Waals surface area contributed by atoms with E-state index >= 15 is 0 Å². The normalized spacial score (nSPS) is 16.5. The summed E-state index contributed by atoms with van der Waals surface area (Å²) in [5.74, 6) is 0.240. The van der Waals surface area contributed by atoms with E-state index in [2.05, 4.69) is 21.2 Å². The first kappa shape index (κ1) is 19.4. The average Bonchev–Trinajstić information content (AvgIpc) is 3.01. The number of nitrogens with one attached hydrogen (secondary N) is 1. The van der Waals surface area contributed by atoms with Crippen LogP contribution in [-0.2, 0) is 9.59 Å². The van der Waals surface area contributed by atoms with Gasteiger partial charge in [0.25, 0.3) is 0 Å². The first-order valence-electron chi connectivity index (χ1n) is 9.00. The number of halogens is 1. The van der Waals surface area contributed by atoms with E-state index in [-0.39, 0.29) is 24.2 Å². The Morgan fingerprint density at radius 3 is 2.44 bits per heavy atom. The first-order chi connectivity index (χ1) is 12.9. The van der Waals surface area contributed by atoms with Gasteiger partial charge < -0.3 is 15.0 Å². The highest BCUT2D eigenvalue weighted by atomic mass is 79.9. The molecule has 0 bridgehead atoms. The van der Waals surface area contributed by atoms with Gasteiger partial charge in [0.1, 0.15) is 5.75 Å². The molecule has 1 atom stereocenters. The molecular formula is C21H23BrN2O3. The summed E-state index contributed by atoms with van der Waals surface area (Å²) < 4.78 is 6.42. The minimum Gasteiger partial charge on any atom is -0.494 e. The van der Waals surface area contributed by atoms with Crippen LogP contribution in [0.25, 0.3) is 0 Å². The molecule has 0 unspecified atom stereocenters. The SMILES string of the molecule is CCOc1ccc(N2C[C@H](C(=O)Nc3c(C)cc(Br)cc3C)CC2=O)cc1. The van der Waals surface area contributed by atoms with Crippen LogP contribution in [0.2, 0.25) is 0 Å². The van der Waals surface area contributed by atoms with Gasteiger partial charge >= 0.3 is 0 Å². The molecule has 1 aliphatic heterocycles. The number of aryl methyl sites for hydroxylation is 2. The zero-order chi connectivity index (χ0) is 19.6. The minimum atomic E-state index is -0.369. The van der Waals surface area contributed by atoms with E-state index in [0.29, 0.717) is 13.2 Å². The van der Waals surface area contributed by atoms with Gasteiger partial charge in [-0.1, -0.05) is 15.9 Å². The van der Waals surface area contributed by atoms with E-state index in [4.69, 9.17) is 4.74 Å². The lowest BCUT2D eigenvalue weighted by Crippen LogP contribution is -2.28. The Morgan fingerprint density at radius 2 is 1.85 bits per heavy atom. The third kappa shape index (κ3) is 4.33. The lowest BCUT2D eigenvalue weighted by Gasteiger charge is -2.18. The van der Waals surface area contributed by atoms with Gasteiger partial charge in [-0.15, -0.1) is 0 Å². The van der Waals surface area contributed by atoms with E-state index < -0.39 is 0 Å². The molecule has 1 fully saturated rings. The van der Waals surface area contributed by atoms with Crippen LogP contribution in [0.5, 0.6) is 5.75 Å². The van der Waals surface area contributed by atoms with E-state index in [1.54, 1.807) is 4.90 Å². The van der Waals surface area contributed by atoms with Crippen LogP contribution in [0.3, 0.4) is 0 Å². The number of carbonyl (C=O) groups excluding carboxylic acids is 2. The standard InChI is InChI=1S/C21H23BrN2O3/c1-4-27-18-7-5-17(6-8-18)24-12-15(11-19(24)25)21(26)23-20-13(2)9-16(22)10-14(20)3/h5-10,15H,4,11-12H2,1-3H3,(H,23,26)/t15-/m1/s1. The molecule has 1 N–H and O–H groups in total. The smallest absolute Gasteiger partial charge is 0.229 e. The van der Waals surface area contributed by atoms with Crippen molar-refractivity contribution in [1.29, 1.82) is 0 Å². The summed E-state index contributed by atoms with van der Waals surface area (Å²) in [6.45, 7) is 6.82. The van der Waals surface area contributed by atoms with Crippen LogP contribution in [0, 0.1) is 19.8 Å². The largest absolute Gasteiger partial charge is 0.494 e. The van der Waals surface area contributed by atoms with Gasteiger partial charge in [0.15, 0.2) is 0 Å². The molecule has 3 rings (SSSR count). The number of amides is 2. The van der Waals surface area contributed by atoms with Crippen molar-refractivity contribution in [3.63, 3.8) is 0 Å². The topological polar surface area (TPSA) is 58.6 Å². The van der Waals surface area contributed by atoms with E-state index in [1.165, 1.54) is 0 Å². The van der Waals surface area contributed by atoms with Gasteiger partial charge in [-0.05, 0) is 68.3 Å². The van der Waals surface area contributed by atoms with Crippen LogP contribution in [0.15, 0.2) is 40.9 Å². The fourth-order valence-corrected chi connectivity index (χ4v) is 4.04. The fourth-order valence-electron chi connectivity index (χ4n) is 3.35. The van der Waals surface area contributed by atoms with Crippen LogP contribution >= 0.6 is 15.9 Å². The molecule has 0 radical (unpaired) electrons. The Labute approximate surface area is 167 Å². The summed E-state index contributed by atoms with van der Waals surface area (Å²) in [5.41, 5.74) is 3.58. The van der Waals surface area contributed by atoms with Crippen molar-refractivity contribution in [1.82, 2.24) is 0 Å². The monoisotopic (exact) mass is 430 g/mol. The van der Waals surface area contributed by atoms with E-state index in [9.17, 15) is 9.59 Å². The Kier molecular flexibility index (Phi) is 5.85. The zero-order valence-electron chi connectivity index (χ0n) is 15.7. The predicted molar refractivity (Wildman–Crippen MR) is 110 cm³/mol. The minimum absolute atomic E-state index is 0.0384. The molecule has 1 heterocycles. The molecule has 0 saturated carbocycles. The number of benzene rings is 2. The number of nitrogens with zero attached hydrogens (tertiary/aromatic N) is 1. The van der Waals surface area contributed by atoms with Crippen molar-refractivity contribution in [2.75, 3.05) is 23.4 Å². The predicted octanol–water partition coefficient (Wildman–Crippen LogP) is 4.46. The molecule has 27 heavy (non-hydrogen) atoms. The second-order valence-corrected chi connectivity index (χ2v) is 7.65. The second kappa shape index (κ2) is 8.13. The Bertz CT molecular complexity index is 841. The van der Waals surface area contributed by atoms with Crippen molar-refractivity contribution in [2.45, 2.75) is 27.2 Å². The number of anilines is 2. The molecule has 2 aromatic carbocycles. The molecule has 5 nitrogen and oxygen atoms in total. The average molecular weight is 431 g/mol. The quantitative estimate of drug-likeness (QED) is 0.761. The number of carbonyl (C=O) groups is 2. The fraction of sp³-hybridized carbons (Fsp3) is 0.333. The third-order valence-electron chi connectivity index (χ3n) is 4.70. The van der Waals surface area contributed by atoms with Crippen molar-refractivity contribution >= 4 is 39.1 Å². The number of ether oxygens (including phenoxy) is 1. The number of rotatable bonds is 5. The number of hydrogen-bond acceptors (Lipinski definition) is 3. The molecule has 1 saturated heterocycles. The van der Waals surface area contributed by atoms with Gasteiger partial charge in [0, 0.05) is 28.8 Å². The summed E-state index contributed by atoms with van der Waals surface area (Å²) in [7, 11) is 0. The summed E-state index contributed by atoms with van der Waals surface area (Å²) >= 11 is 3.46. The lowest BCUT2D eigenvalue weighted by atomic mass is 10.1. The highest BCUT2D eigenvalue weighted by molar-refractivity contribution is 9.10. The second-order valence-electron chi connectivity index (χ2n) is 6.74. The summed E-state index contributed by atoms with van der Waals surface area (Å²) in [6, 6.07) is 11.3. The van der Waals surface area contributed by atoms with Crippen LogP contribution in [-0.4, -0.2) is 25.0 Å². The Balaban J connectivity index is 1.70. The van der Waals surface area contributed by atoms with E-state index in [0.717, 1.165) is 32.7 Å². The maximum Gasteiger partial charge on any atom is 0.229 e. The Morgan fingerprint density at radius 1 is 1.22 bits per heavy atom. The van der Waals surface area contributed by atoms with Crippen molar-refractivity contribution in [2.24, 2.45) is 5.92 Å². The van der Waals surface area contributed by atoms with E-state index in [1.807, 2.05) is 57.2 Å². The zero-order valence-corrected chi connectivity index (χ0v) is 17.3. The third-order valence-corrected chi connectivity index (χ3v) is 5.16. The van der Waals surface area contributed by atoms with Crippen LogP contribution < -0.4 is 15.0 Å². The maximum absolute atomic E-state index is 12.7. The molecule has 0 aliphatic carbocycles. The van der Waals surface area contributed by atoms with Gasteiger partial charge in [-0.3, -0.25) is 9.59 Å². The molecule has 0 aromatic heterocycles. The molecule has 142 valence electrons. The van der Waals surface area contributed by atoms with Gasteiger partial charge in [0.2, 0.25) is 11.8 Å². The molecule has 2 amide bonds. The molecule has 0 spiro atoms. The first-order valence-corrected chi connectivity index (χ1v) is 9.79. The molecule has 1 aliphatic rings. The van der Waals surface area contributed by atoms with Crippen molar-refractivity contribution in [3.8, 4) is 5.75 Å². The highest BCUT2D eigenvalue weighted by Gasteiger charge is 2.35. The van der Waals surface area contributed by atoms with Gasteiger partial charge in [-0.2, -0.15) is 0 Å². The summed E-state index contributed by atoms with van der Waals surface area (Å²) in [6.07, 6.45) is 0.216.